The summed E-state index contributed by atoms with van der Waals surface area (Å²) < 4.78 is 5.69. The van der Waals surface area contributed by atoms with Gasteiger partial charge in [0.2, 0.25) is 5.91 Å². The van der Waals surface area contributed by atoms with Gasteiger partial charge in [0.15, 0.2) is 0 Å². The van der Waals surface area contributed by atoms with Gasteiger partial charge in [-0.15, -0.1) is 0 Å². The molecule has 2 rings (SSSR count). The molecule has 2 aromatic carbocycles. The molecule has 0 fully saturated rings. The first kappa shape index (κ1) is 13.7. The first-order valence-electron chi connectivity index (χ1n) is 6.30. The van der Waals surface area contributed by atoms with Crippen LogP contribution in [0.25, 0.3) is 0 Å². The molecule has 2 aromatic rings. The molecule has 100 valence electrons. The molecule has 0 atom stereocenters. The number of hydrogen-bond acceptors (Lipinski definition) is 2. The van der Waals surface area contributed by atoms with Crippen molar-refractivity contribution in [3.05, 3.63) is 60.2 Å². The monoisotopic (exact) mass is 265 g/mol. The van der Waals surface area contributed by atoms with Crippen molar-refractivity contribution in [3.63, 3.8) is 0 Å². The van der Waals surface area contributed by atoms with E-state index in [-0.39, 0.29) is 5.91 Å². The van der Waals surface area contributed by atoms with Crippen LogP contribution in [-0.2, 0) is 4.79 Å². The highest BCUT2D eigenvalue weighted by atomic mass is 16.5. The lowest BCUT2D eigenvalue weighted by atomic mass is 10.2. The molecule has 3 nitrogen and oxygen atoms in total. The van der Waals surface area contributed by atoms with Crippen LogP contribution in [0.2, 0.25) is 0 Å². The van der Waals surface area contributed by atoms with Gasteiger partial charge in [-0.2, -0.15) is 0 Å². The Balaban J connectivity index is 1.94. The molecule has 3 heteroatoms. The van der Waals surface area contributed by atoms with Gasteiger partial charge in [0.05, 0.1) is 6.54 Å². The second kappa shape index (κ2) is 7.01. The summed E-state index contributed by atoms with van der Waals surface area (Å²) in [6.45, 7) is 1.83. The molecule has 0 aliphatic heterocycles. The third kappa shape index (κ3) is 4.51. The minimum Gasteiger partial charge on any atom is -0.457 e. The van der Waals surface area contributed by atoms with Crippen LogP contribution in [0.1, 0.15) is 12.5 Å². The van der Waals surface area contributed by atoms with E-state index in [9.17, 15) is 4.79 Å². The van der Waals surface area contributed by atoms with Crippen molar-refractivity contribution in [2.45, 2.75) is 6.92 Å². The van der Waals surface area contributed by atoms with Crippen LogP contribution in [0.4, 0.5) is 0 Å². The van der Waals surface area contributed by atoms with Crippen LogP contribution in [0.15, 0.2) is 54.6 Å². The van der Waals surface area contributed by atoms with Crippen molar-refractivity contribution in [3.8, 4) is 23.3 Å². The van der Waals surface area contributed by atoms with Gasteiger partial charge in [-0.05, 0) is 36.4 Å². The fourth-order valence-corrected chi connectivity index (χ4v) is 1.55. The molecule has 0 unspecified atom stereocenters. The lowest BCUT2D eigenvalue weighted by molar-refractivity contribution is -0.118. The van der Waals surface area contributed by atoms with Gasteiger partial charge in [-0.25, -0.2) is 0 Å². The molecule has 0 saturated heterocycles. The first-order valence-corrected chi connectivity index (χ1v) is 6.30. The Kier molecular flexibility index (Phi) is 4.80. The van der Waals surface area contributed by atoms with Crippen molar-refractivity contribution in [1.29, 1.82) is 0 Å². The predicted octanol–water partition coefficient (Wildman–Crippen LogP) is 2.97. The second-order valence-corrected chi connectivity index (χ2v) is 4.15. The van der Waals surface area contributed by atoms with Gasteiger partial charge < -0.3 is 10.1 Å². The minimum atomic E-state index is -0.0779. The Morgan fingerprint density at radius 1 is 1.05 bits per heavy atom. The maximum absolute atomic E-state index is 10.7. The molecular weight excluding hydrogens is 250 g/mol. The number of hydrogen-bond donors (Lipinski definition) is 1. The van der Waals surface area contributed by atoms with E-state index in [2.05, 4.69) is 17.2 Å². The molecule has 1 amide bonds. The number of rotatable bonds is 3. The van der Waals surface area contributed by atoms with E-state index in [1.807, 2.05) is 54.6 Å². The lowest BCUT2D eigenvalue weighted by Gasteiger charge is -2.04. The quantitative estimate of drug-likeness (QED) is 0.866. The minimum absolute atomic E-state index is 0.0779. The average molecular weight is 265 g/mol. The zero-order valence-corrected chi connectivity index (χ0v) is 11.2. The Hall–Kier alpha value is -2.73. The Bertz CT molecular complexity index is 622. The lowest BCUT2D eigenvalue weighted by Crippen LogP contribution is -2.19. The number of nitrogens with one attached hydrogen (secondary N) is 1. The zero-order valence-electron chi connectivity index (χ0n) is 11.2. The summed E-state index contributed by atoms with van der Waals surface area (Å²) in [5, 5.41) is 2.62. The summed E-state index contributed by atoms with van der Waals surface area (Å²) in [6.07, 6.45) is 0. The molecular formula is C17H15NO2. The van der Waals surface area contributed by atoms with Crippen molar-refractivity contribution >= 4 is 5.91 Å². The van der Waals surface area contributed by atoms with Crippen LogP contribution >= 0.6 is 0 Å². The second-order valence-electron chi connectivity index (χ2n) is 4.15. The summed E-state index contributed by atoms with van der Waals surface area (Å²) in [5.74, 6) is 7.34. The fraction of sp³-hybridized carbons (Fsp3) is 0.118. The van der Waals surface area contributed by atoms with E-state index >= 15 is 0 Å². The molecule has 0 radical (unpaired) electrons. The zero-order chi connectivity index (χ0) is 14.2. The normalized spacial score (nSPS) is 9.25. The number of benzene rings is 2. The van der Waals surface area contributed by atoms with E-state index in [1.165, 1.54) is 6.92 Å². The topological polar surface area (TPSA) is 38.3 Å². The third-order valence-electron chi connectivity index (χ3n) is 2.49. The summed E-state index contributed by atoms with van der Waals surface area (Å²) >= 11 is 0. The smallest absolute Gasteiger partial charge is 0.217 e. The Morgan fingerprint density at radius 3 is 2.35 bits per heavy atom. The molecule has 0 aromatic heterocycles. The van der Waals surface area contributed by atoms with Crippen LogP contribution in [0.5, 0.6) is 11.5 Å². The Labute approximate surface area is 118 Å². The summed E-state index contributed by atoms with van der Waals surface area (Å²) in [5.41, 5.74) is 0.885. The third-order valence-corrected chi connectivity index (χ3v) is 2.49. The summed E-state index contributed by atoms with van der Waals surface area (Å²) in [6, 6.07) is 17.1. The molecule has 0 bridgehead atoms. The van der Waals surface area contributed by atoms with Gasteiger partial charge in [0, 0.05) is 12.5 Å². The highest BCUT2D eigenvalue weighted by Crippen LogP contribution is 2.20. The van der Waals surface area contributed by atoms with Crippen LogP contribution in [0, 0.1) is 11.8 Å². The number of carbonyl (C=O) groups is 1. The number of ether oxygens (including phenoxy) is 1. The number of para-hydroxylation sites is 1. The molecule has 1 N–H and O–H groups in total. The number of carbonyl (C=O) groups excluding carboxylic acids is 1. The van der Waals surface area contributed by atoms with E-state index in [0.717, 1.165) is 17.1 Å². The van der Waals surface area contributed by atoms with Crippen molar-refractivity contribution < 1.29 is 9.53 Å². The number of amides is 1. The summed E-state index contributed by atoms with van der Waals surface area (Å²) in [4.78, 5) is 10.7. The van der Waals surface area contributed by atoms with Gasteiger partial charge >= 0.3 is 0 Å². The van der Waals surface area contributed by atoms with Gasteiger partial charge in [0.1, 0.15) is 11.5 Å². The van der Waals surface area contributed by atoms with E-state index < -0.39 is 0 Å². The standard InChI is InChI=1S/C17H15NO2/c1-14(19)18-13-5-6-15-9-11-17(12-10-15)20-16-7-3-2-4-8-16/h2-4,7-12H,13H2,1H3,(H,18,19). The first-order chi connectivity index (χ1) is 9.74. The van der Waals surface area contributed by atoms with Crippen molar-refractivity contribution in [2.75, 3.05) is 6.54 Å². The molecule has 0 saturated carbocycles. The molecule has 0 heterocycles. The molecule has 0 spiro atoms. The predicted molar refractivity (Wildman–Crippen MR) is 78.5 cm³/mol. The molecule has 20 heavy (non-hydrogen) atoms. The van der Waals surface area contributed by atoms with Gasteiger partial charge in [0.25, 0.3) is 0 Å². The molecule has 0 aliphatic carbocycles. The van der Waals surface area contributed by atoms with E-state index in [1.54, 1.807) is 0 Å². The van der Waals surface area contributed by atoms with Crippen LogP contribution in [0.3, 0.4) is 0 Å². The van der Waals surface area contributed by atoms with Crippen LogP contribution < -0.4 is 10.1 Å². The van der Waals surface area contributed by atoms with E-state index in [4.69, 9.17) is 4.74 Å². The highest BCUT2D eigenvalue weighted by Gasteiger charge is 1.95. The fourth-order valence-electron chi connectivity index (χ4n) is 1.55. The Morgan fingerprint density at radius 2 is 1.70 bits per heavy atom. The maximum Gasteiger partial charge on any atom is 0.217 e. The van der Waals surface area contributed by atoms with Crippen molar-refractivity contribution in [2.24, 2.45) is 0 Å². The largest absolute Gasteiger partial charge is 0.457 e. The van der Waals surface area contributed by atoms with Crippen molar-refractivity contribution in [1.82, 2.24) is 5.32 Å². The SMILES string of the molecule is CC(=O)NCC#Cc1ccc(Oc2ccccc2)cc1. The highest BCUT2D eigenvalue weighted by molar-refractivity contribution is 5.73. The van der Waals surface area contributed by atoms with Crippen LogP contribution in [-0.4, -0.2) is 12.5 Å². The average Bonchev–Trinajstić information content (AvgIpc) is 2.46. The maximum atomic E-state index is 10.7. The van der Waals surface area contributed by atoms with Gasteiger partial charge in [-0.3, -0.25) is 4.79 Å². The summed E-state index contributed by atoms with van der Waals surface area (Å²) in [7, 11) is 0. The van der Waals surface area contributed by atoms with E-state index in [0.29, 0.717) is 6.54 Å². The van der Waals surface area contributed by atoms with Gasteiger partial charge in [-0.1, -0.05) is 30.0 Å². The molecule has 0 aliphatic rings.